The van der Waals surface area contributed by atoms with Crippen LogP contribution in [0.1, 0.15) is 53.5 Å². The zero-order valence-electron chi connectivity index (χ0n) is 13.6. The normalized spacial score (nSPS) is 21.7. The number of rotatable bonds is 5. The molecule has 2 aromatic heterocycles. The highest BCUT2D eigenvalue weighted by molar-refractivity contribution is 5.92. The fourth-order valence-corrected chi connectivity index (χ4v) is 3.00. The molecule has 3 rings (SSSR count). The Balaban J connectivity index is 1.80. The number of aromatic nitrogens is 3. The Labute approximate surface area is 134 Å². The van der Waals surface area contributed by atoms with Gasteiger partial charge in [-0.05, 0) is 25.7 Å². The molecule has 23 heavy (non-hydrogen) atoms. The van der Waals surface area contributed by atoms with Crippen molar-refractivity contribution in [1.82, 2.24) is 20.1 Å². The molecule has 0 aliphatic heterocycles. The number of aryl methyl sites for hydroxylation is 3. The lowest BCUT2D eigenvalue weighted by molar-refractivity contribution is 0.0232. The number of hydrogen-bond acceptors (Lipinski definition) is 5. The molecular formula is C16H22N4O3. The van der Waals surface area contributed by atoms with Gasteiger partial charge in [0.2, 0.25) is 5.76 Å². The van der Waals surface area contributed by atoms with Gasteiger partial charge in [0, 0.05) is 25.2 Å². The van der Waals surface area contributed by atoms with Crippen LogP contribution in [0.3, 0.4) is 0 Å². The second-order valence-electron chi connectivity index (χ2n) is 6.16. The zero-order chi connectivity index (χ0) is 16.6. The summed E-state index contributed by atoms with van der Waals surface area (Å²) in [4.78, 5) is 16.8. The van der Waals surface area contributed by atoms with E-state index in [-0.39, 0.29) is 29.7 Å². The van der Waals surface area contributed by atoms with Crippen LogP contribution in [0.2, 0.25) is 0 Å². The minimum atomic E-state index is -0.283. The molecule has 0 radical (unpaired) electrons. The maximum atomic E-state index is 12.6. The first kappa shape index (κ1) is 15.7. The fraction of sp³-hybridized carbons (Fsp3) is 0.562. The summed E-state index contributed by atoms with van der Waals surface area (Å²) < 4.78 is 7.23. The molecule has 1 aliphatic carbocycles. The van der Waals surface area contributed by atoms with E-state index in [1.807, 2.05) is 20.2 Å². The number of carbonyl (C=O) groups excluding carboxylic acids is 1. The number of nitrogens with one attached hydrogen (secondary N) is 1. The quantitative estimate of drug-likeness (QED) is 0.872. The molecule has 1 atom stereocenters. The standard InChI is InChI=1S/C16H22N4O3/c1-4-13-18-9(2)15(23-13)16(22)19-14(10-5-12(21)6-10)11-7-17-20(3)8-11/h7-8,10,12,14,21H,4-6H2,1-3H3,(H,19,22)/t10?,12?,14-/m0/s1. The third kappa shape index (κ3) is 3.14. The number of carbonyl (C=O) groups is 1. The van der Waals surface area contributed by atoms with Gasteiger partial charge in [0.05, 0.1) is 24.0 Å². The number of aliphatic hydroxyl groups is 1. The van der Waals surface area contributed by atoms with Crippen LogP contribution in [0, 0.1) is 12.8 Å². The smallest absolute Gasteiger partial charge is 0.289 e. The Morgan fingerprint density at radius 2 is 2.30 bits per heavy atom. The lowest BCUT2D eigenvalue weighted by Gasteiger charge is -2.37. The van der Waals surface area contributed by atoms with Crippen LogP contribution in [-0.2, 0) is 13.5 Å². The minimum Gasteiger partial charge on any atom is -0.435 e. The van der Waals surface area contributed by atoms with E-state index in [2.05, 4.69) is 15.4 Å². The van der Waals surface area contributed by atoms with E-state index in [1.54, 1.807) is 17.8 Å². The van der Waals surface area contributed by atoms with Gasteiger partial charge in [-0.15, -0.1) is 0 Å². The fourth-order valence-electron chi connectivity index (χ4n) is 3.00. The molecule has 1 amide bonds. The van der Waals surface area contributed by atoms with Gasteiger partial charge in [-0.3, -0.25) is 9.48 Å². The minimum absolute atomic E-state index is 0.186. The van der Waals surface area contributed by atoms with Gasteiger partial charge in [0.15, 0.2) is 5.89 Å². The third-order valence-corrected chi connectivity index (χ3v) is 4.34. The summed E-state index contributed by atoms with van der Waals surface area (Å²) in [7, 11) is 1.84. The maximum absolute atomic E-state index is 12.6. The Bertz CT molecular complexity index is 700. The number of hydrogen-bond donors (Lipinski definition) is 2. The van der Waals surface area contributed by atoms with E-state index in [0.717, 1.165) is 5.56 Å². The molecule has 0 aromatic carbocycles. The molecule has 7 nitrogen and oxygen atoms in total. The summed E-state index contributed by atoms with van der Waals surface area (Å²) in [6.45, 7) is 3.70. The molecule has 1 fully saturated rings. The van der Waals surface area contributed by atoms with Crippen LogP contribution < -0.4 is 5.32 Å². The van der Waals surface area contributed by atoms with Gasteiger partial charge in [-0.2, -0.15) is 5.10 Å². The van der Waals surface area contributed by atoms with E-state index >= 15 is 0 Å². The summed E-state index contributed by atoms with van der Waals surface area (Å²) in [6.07, 6.45) is 5.36. The molecule has 0 spiro atoms. The predicted octanol–water partition coefficient (Wildman–Crippen LogP) is 1.52. The number of aliphatic hydroxyl groups excluding tert-OH is 1. The first-order chi connectivity index (χ1) is 11.0. The van der Waals surface area contributed by atoms with Gasteiger partial charge in [0.1, 0.15) is 0 Å². The molecule has 0 unspecified atom stereocenters. The Kier molecular flexibility index (Phi) is 4.21. The molecule has 1 aliphatic rings. The molecule has 124 valence electrons. The van der Waals surface area contributed by atoms with Crippen molar-refractivity contribution in [3.63, 3.8) is 0 Å². The second-order valence-corrected chi connectivity index (χ2v) is 6.16. The lowest BCUT2D eigenvalue weighted by atomic mass is 9.75. The van der Waals surface area contributed by atoms with Crippen LogP contribution >= 0.6 is 0 Å². The molecule has 7 heteroatoms. The summed E-state index contributed by atoms with van der Waals surface area (Å²) in [6, 6.07) is -0.186. The molecule has 2 heterocycles. The first-order valence-corrected chi connectivity index (χ1v) is 7.91. The van der Waals surface area contributed by atoms with Crippen LogP contribution in [0.15, 0.2) is 16.8 Å². The number of nitrogens with zero attached hydrogens (tertiary/aromatic N) is 3. The second kappa shape index (κ2) is 6.16. The molecule has 0 bridgehead atoms. The van der Waals surface area contributed by atoms with Crippen molar-refractivity contribution in [2.75, 3.05) is 0 Å². The van der Waals surface area contributed by atoms with Gasteiger partial charge in [0.25, 0.3) is 5.91 Å². The van der Waals surface area contributed by atoms with Gasteiger partial charge >= 0.3 is 0 Å². The number of amides is 1. The highest BCUT2D eigenvalue weighted by Crippen LogP contribution is 2.38. The zero-order valence-corrected chi connectivity index (χ0v) is 13.6. The van der Waals surface area contributed by atoms with E-state index in [9.17, 15) is 9.90 Å². The van der Waals surface area contributed by atoms with Crippen molar-refractivity contribution in [3.8, 4) is 0 Å². The first-order valence-electron chi connectivity index (χ1n) is 7.91. The molecule has 2 aromatic rings. The van der Waals surface area contributed by atoms with Crippen molar-refractivity contribution in [2.45, 2.75) is 45.3 Å². The predicted molar refractivity (Wildman–Crippen MR) is 82.8 cm³/mol. The number of oxazole rings is 1. The van der Waals surface area contributed by atoms with Crippen molar-refractivity contribution < 1.29 is 14.3 Å². The highest BCUT2D eigenvalue weighted by Gasteiger charge is 2.37. The van der Waals surface area contributed by atoms with Gasteiger partial charge in [-0.1, -0.05) is 6.92 Å². The van der Waals surface area contributed by atoms with Crippen LogP contribution in [0.25, 0.3) is 0 Å². The molecular weight excluding hydrogens is 296 g/mol. The lowest BCUT2D eigenvalue weighted by Crippen LogP contribution is -2.41. The SMILES string of the molecule is CCc1nc(C)c(C(=O)N[C@H](c2cnn(C)c2)C2CC(O)C2)o1. The topological polar surface area (TPSA) is 93.2 Å². The Hall–Kier alpha value is -2.15. The van der Waals surface area contributed by atoms with Crippen molar-refractivity contribution in [1.29, 1.82) is 0 Å². The molecule has 0 saturated heterocycles. The average molecular weight is 318 g/mol. The van der Waals surface area contributed by atoms with E-state index in [4.69, 9.17) is 4.42 Å². The van der Waals surface area contributed by atoms with E-state index in [1.165, 1.54) is 0 Å². The van der Waals surface area contributed by atoms with Crippen LogP contribution in [-0.4, -0.2) is 31.9 Å². The van der Waals surface area contributed by atoms with Gasteiger partial charge < -0.3 is 14.8 Å². The summed E-state index contributed by atoms with van der Waals surface area (Å²) in [5.41, 5.74) is 1.53. The highest BCUT2D eigenvalue weighted by atomic mass is 16.4. The molecule has 1 saturated carbocycles. The Morgan fingerprint density at radius 1 is 1.57 bits per heavy atom. The monoisotopic (exact) mass is 318 g/mol. The van der Waals surface area contributed by atoms with Crippen molar-refractivity contribution in [2.24, 2.45) is 13.0 Å². The summed E-state index contributed by atoms with van der Waals surface area (Å²) in [5, 5.41) is 16.8. The van der Waals surface area contributed by atoms with Gasteiger partial charge in [-0.25, -0.2) is 4.98 Å². The van der Waals surface area contributed by atoms with Crippen molar-refractivity contribution in [3.05, 3.63) is 35.3 Å². The van der Waals surface area contributed by atoms with Crippen LogP contribution in [0.5, 0.6) is 0 Å². The summed E-state index contributed by atoms with van der Waals surface area (Å²) in [5.74, 6) is 0.747. The third-order valence-electron chi connectivity index (χ3n) is 4.34. The van der Waals surface area contributed by atoms with Crippen LogP contribution in [0.4, 0.5) is 0 Å². The van der Waals surface area contributed by atoms with E-state index in [0.29, 0.717) is 30.8 Å². The maximum Gasteiger partial charge on any atom is 0.289 e. The Morgan fingerprint density at radius 3 is 2.83 bits per heavy atom. The average Bonchev–Trinajstić information content (AvgIpc) is 3.07. The largest absolute Gasteiger partial charge is 0.435 e. The molecule has 2 N–H and O–H groups in total. The summed E-state index contributed by atoms with van der Waals surface area (Å²) >= 11 is 0. The van der Waals surface area contributed by atoms with Crippen molar-refractivity contribution >= 4 is 5.91 Å². The van der Waals surface area contributed by atoms with E-state index < -0.39 is 0 Å².